The molecule has 2 aromatic rings. The lowest BCUT2D eigenvalue weighted by molar-refractivity contribution is 0.475. The van der Waals surface area contributed by atoms with Gasteiger partial charge in [-0.1, -0.05) is 18.2 Å². The molecule has 0 radical (unpaired) electrons. The molecule has 94 valence electrons. The number of rotatable bonds is 3. The SMILES string of the molecule is Nc1cccc(S(=O)(=O)Cc2ccc(O)cc2)c1. The minimum absolute atomic E-state index is 0.111. The van der Waals surface area contributed by atoms with E-state index in [0.717, 1.165) is 0 Å². The fraction of sp³-hybridized carbons (Fsp3) is 0.0769. The van der Waals surface area contributed by atoms with Crippen LogP contribution in [0.1, 0.15) is 5.56 Å². The Balaban J connectivity index is 2.30. The second-order valence-electron chi connectivity index (χ2n) is 4.00. The fourth-order valence-corrected chi connectivity index (χ4v) is 3.00. The second-order valence-corrected chi connectivity index (χ2v) is 5.99. The molecule has 0 aromatic heterocycles. The zero-order valence-electron chi connectivity index (χ0n) is 9.58. The number of anilines is 1. The average molecular weight is 263 g/mol. The first kappa shape index (κ1) is 12.4. The van der Waals surface area contributed by atoms with Crippen LogP contribution in [-0.2, 0) is 15.6 Å². The van der Waals surface area contributed by atoms with Gasteiger partial charge in [-0.2, -0.15) is 0 Å². The van der Waals surface area contributed by atoms with Gasteiger partial charge in [-0.3, -0.25) is 0 Å². The Labute approximate surface area is 106 Å². The molecule has 0 heterocycles. The van der Waals surface area contributed by atoms with Crippen molar-refractivity contribution >= 4 is 15.5 Å². The van der Waals surface area contributed by atoms with E-state index >= 15 is 0 Å². The third kappa shape index (κ3) is 2.81. The van der Waals surface area contributed by atoms with Gasteiger partial charge in [0.15, 0.2) is 9.84 Å². The van der Waals surface area contributed by atoms with Crippen LogP contribution in [0, 0.1) is 0 Å². The number of nitrogen functional groups attached to an aromatic ring is 1. The van der Waals surface area contributed by atoms with E-state index in [4.69, 9.17) is 10.8 Å². The number of hydrogen-bond acceptors (Lipinski definition) is 4. The molecule has 0 saturated heterocycles. The Kier molecular flexibility index (Phi) is 3.25. The molecule has 0 unspecified atom stereocenters. The van der Waals surface area contributed by atoms with Gasteiger partial charge in [-0.15, -0.1) is 0 Å². The van der Waals surface area contributed by atoms with Crippen molar-refractivity contribution in [1.29, 1.82) is 0 Å². The predicted octanol–water partition coefficient (Wildman–Crippen LogP) is 1.95. The molecular weight excluding hydrogens is 250 g/mol. The summed E-state index contributed by atoms with van der Waals surface area (Å²) in [7, 11) is -3.41. The van der Waals surface area contributed by atoms with Gasteiger partial charge in [0.05, 0.1) is 10.6 Å². The number of aromatic hydroxyl groups is 1. The Morgan fingerprint density at radius 1 is 1.06 bits per heavy atom. The van der Waals surface area contributed by atoms with Crippen LogP contribution in [-0.4, -0.2) is 13.5 Å². The van der Waals surface area contributed by atoms with Crippen molar-refractivity contribution in [2.24, 2.45) is 0 Å². The van der Waals surface area contributed by atoms with Gasteiger partial charge >= 0.3 is 0 Å². The molecule has 0 aliphatic rings. The molecule has 0 aliphatic heterocycles. The van der Waals surface area contributed by atoms with Crippen LogP contribution in [0.5, 0.6) is 5.75 Å². The van der Waals surface area contributed by atoms with E-state index in [-0.39, 0.29) is 16.4 Å². The Hall–Kier alpha value is -2.01. The molecule has 0 fully saturated rings. The zero-order chi connectivity index (χ0) is 13.2. The van der Waals surface area contributed by atoms with Crippen molar-refractivity contribution < 1.29 is 13.5 Å². The van der Waals surface area contributed by atoms with E-state index in [0.29, 0.717) is 11.3 Å². The predicted molar refractivity (Wildman–Crippen MR) is 69.9 cm³/mol. The van der Waals surface area contributed by atoms with Crippen molar-refractivity contribution in [2.75, 3.05) is 5.73 Å². The van der Waals surface area contributed by atoms with Crippen LogP contribution in [0.25, 0.3) is 0 Å². The maximum atomic E-state index is 12.1. The quantitative estimate of drug-likeness (QED) is 0.829. The minimum atomic E-state index is -3.41. The lowest BCUT2D eigenvalue weighted by atomic mass is 10.2. The summed E-state index contributed by atoms with van der Waals surface area (Å²) in [5, 5.41) is 9.14. The molecule has 3 N–H and O–H groups in total. The number of benzene rings is 2. The highest BCUT2D eigenvalue weighted by atomic mass is 32.2. The molecule has 0 saturated carbocycles. The maximum absolute atomic E-state index is 12.1. The van der Waals surface area contributed by atoms with E-state index in [9.17, 15) is 8.42 Å². The molecule has 0 bridgehead atoms. The summed E-state index contributed by atoms with van der Waals surface area (Å²) in [6, 6.07) is 12.3. The number of phenols is 1. The van der Waals surface area contributed by atoms with Gasteiger partial charge in [-0.05, 0) is 35.9 Å². The molecule has 2 rings (SSSR count). The summed E-state index contributed by atoms with van der Waals surface area (Å²) in [5.41, 5.74) is 6.61. The van der Waals surface area contributed by atoms with Gasteiger partial charge in [-0.25, -0.2) is 8.42 Å². The molecule has 5 heteroatoms. The normalized spacial score (nSPS) is 11.3. The van der Waals surface area contributed by atoms with Crippen molar-refractivity contribution in [3.63, 3.8) is 0 Å². The van der Waals surface area contributed by atoms with Crippen LogP contribution in [0.15, 0.2) is 53.4 Å². The molecule has 2 aromatic carbocycles. The van der Waals surface area contributed by atoms with Crippen LogP contribution in [0.3, 0.4) is 0 Å². The maximum Gasteiger partial charge on any atom is 0.182 e. The van der Waals surface area contributed by atoms with E-state index in [2.05, 4.69) is 0 Å². The van der Waals surface area contributed by atoms with E-state index in [1.165, 1.54) is 24.3 Å². The third-order valence-corrected chi connectivity index (χ3v) is 4.20. The summed E-state index contributed by atoms with van der Waals surface area (Å²) in [6.45, 7) is 0. The summed E-state index contributed by atoms with van der Waals surface area (Å²) in [6.07, 6.45) is 0. The number of phenolic OH excluding ortho intramolecular Hbond substituents is 1. The molecule has 0 amide bonds. The summed E-state index contributed by atoms with van der Waals surface area (Å²) in [5.74, 6) is -0.00314. The van der Waals surface area contributed by atoms with Gasteiger partial charge in [0.25, 0.3) is 0 Å². The monoisotopic (exact) mass is 263 g/mol. The minimum Gasteiger partial charge on any atom is -0.508 e. The van der Waals surface area contributed by atoms with Crippen LogP contribution < -0.4 is 5.73 Å². The van der Waals surface area contributed by atoms with Crippen molar-refractivity contribution in [2.45, 2.75) is 10.6 Å². The van der Waals surface area contributed by atoms with Crippen molar-refractivity contribution in [3.8, 4) is 5.75 Å². The Morgan fingerprint density at radius 3 is 2.33 bits per heavy atom. The highest BCUT2D eigenvalue weighted by molar-refractivity contribution is 7.90. The number of sulfone groups is 1. The molecule has 4 nitrogen and oxygen atoms in total. The molecular formula is C13H13NO3S. The van der Waals surface area contributed by atoms with Gasteiger partial charge in [0, 0.05) is 5.69 Å². The number of nitrogens with two attached hydrogens (primary N) is 1. The van der Waals surface area contributed by atoms with Gasteiger partial charge < -0.3 is 10.8 Å². The summed E-state index contributed by atoms with van der Waals surface area (Å²) >= 11 is 0. The number of hydrogen-bond donors (Lipinski definition) is 2. The van der Waals surface area contributed by atoms with Gasteiger partial charge in [0.2, 0.25) is 0 Å². The van der Waals surface area contributed by atoms with Gasteiger partial charge in [0.1, 0.15) is 5.75 Å². The largest absolute Gasteiger partial charge is 0.508 e. The third-order valence-electron chi connectivity index (χ3n) is 2.51. The van der Waals surface area contributed by atoms with Crippen molar-refractivity contribution in [3.05, 3.63) is 54.1 Å². The summed E-state index contributed by atoms with van der Waals surface area (Å²) in [4.78, 5) is 0.204. The summed E-state index contributed by atoms with van der Waals surface area (Å²) < 4.78 is 24.2. The van der Waals surface area contributed by atoms with E-state index in [1.807, 2.05) is 0 Å². The Morgan fingerprint density at radius 2 is 1.72 bits per heavy atom. The first-order valence-electron chi connectivity index (χ1n) is 5.33. The fourth-order valence-electron chi connectivity index (χ4n) is 1.60. The van der Waals surface area contributed by atoms with Crippen LogP contribution in [0.4, 0.5) is 5.69 Å². The lowest BCUT2D eigenvalue weighted by Gasteiger charge is -2.05. The first-order valence-corrected chi connectivity index (χ1v) is 6.99. The lowest BCUT2D eigenvalue weighted by Crippen LogP contribution is -2.05. The van der Waals surface area contributed by atoms with E-state index < -0.39 is 9.84 Å². The highest BCUT2D eigenvalue weighted by Gasteiger charge is 2.15. The molecule has 0 aliphatic carbocycles. The topological polar surface area (TPSA) is 80.4 Å². The average Bonchev–Trinajstić information content (AvgIpc) is 2.32. The molecule has 0 spiro atoms. The second kappa shape index (κ2) is 4.70. The highest BCUT2D eigenvalue weighted by Crippen LogP contribution is 2.19. The smallest absolute Gasteiger partial charge is 0.182 e. The van der Waals surface area contributed by atoms with Crippen molar-refractivity contribution in [1.82, 2.24) is 0 Å². The first-order chi connectivity index (χ1) is 8.47. The van der Waals surface area contributed by atoms with Crippen LogP contribution >= 0.6 is 0 Å². The standard InChI is InChI=1S/C13H13NO3S/c14-11-2-1-3-13(8-11)18(16,17)9-10-4-6-12(15)7-5-10/h1-8,15H,9,14H2. The zero-order valence-corrected chi connectivity index (χ0v) is 10.4. The van der Waals surface area contributed by atoms with E-state index in [1.54, 1.807) is 24.3 Å². The van der Waals surface area contributed by atoms with Crippen LogP contribution in [0.2, 0.25) is 0 Å². The molecule has 18 heavy (non-hydrogen) atoms. The molecule has 0 atom stereocenters. The Bertz CT molecular complexity index is 648.